The average molecular weight is 182 g/mol. The Morgan fingerprint density at radius 3 is 2.85 bits per heavy atom. The summed E-state index contributed by atoms with van der Waals surface area (Å²) in [6.45, 7) is 0.592. The Kier molecular flexibility index (Phi) is 2.20. The third-order valence-corrected chi connectivity index (χ3v) is 2.51. The summed E-state index contributed by atoms with van der Waals surface area (Å²) in [6, 6.07) is 0.0266. The van der Waals surface area contributed by atoms with Crippen LogP contribution in [0.15, 0.2) is 0 Å². The van der Waals surface area contributed by atoms with E-state index in [2.05, 4.69) is 10.6 Å². The van der Waals surface area contributed by atoms with E-state index in [1.165, 1.54) is 12.8 Å². The van der Waals surface area contributed by atoms with Crippen molar-refractivity contribution < 1.29 is 9.59 Å². The number of carbonyl (C=O) groups excluding carboxylic acids is 2. The Bertz CT molecular complexity index is 236. The molecule has 0 radical (unpaired) electrons. The highest BCUT2D eigenvalue weighted by atomic mass is 16.2. The summed E-state index contributed by atoms with van der Waals surface area (Å²) < 4.78 is 0. The summed E-state index contributed by atoms with van der Waals surface area (Å²) >= 11 is 0. The molecule has 13 heavy (non-hydrogen) atoms. The van der Waals surface area contributed by atoms with E-state index in [4.69, 9.17) is 0 Å². The molecule has 2 N–H and O–H groups in total. The van der Waals surface area contributed by atoms with Gasteiger partial charge in [0.2, 0.25) is 11.8 Å². The van der Waals surface area contributed by atoms with Crippen LogP contribution in [0.4, 0.5) is 0 Å². The van der Waals surface area contributed by atoms with Crippen LogP contribution in [0.2, 0.25) is 0 Å². The maximum absolute atomic E-state index is 11.3. The van der Waals surface area contributed by atoms with Crippen molar-refractivity contribution in [2.75, 3.05) is 6.54 Å². The van der Waals surface area contributed by atoms with E-state index in [-0.39, 0.29) is 17.9 Å². The highest BCUT2D eigenvalue weighted by molar-refractivity contribution is 5.82. The molecule has 0 aromatic carbocycles. The minimum Gasteiger partial charge on any atom is -0.354 e. The average Bonchev–Trinajstić information content (AvgIpc) is 2.76. The molecule has 1 unspecified atom stereocenters. The first-order valence-corrected chi connectivity index (χ1v) is 4.80. The molecule has 2 rings (SSSR count). The Hall–Kier alpha value is -1.06. The van der Waals surface area contributed by atoms with Crippen LogP contribution < -0.4 is 10.6 Å². The normalized spacial score (nSPS) is 27.1. The van der Waals surface area contributed by atoms with Gasteiger partial charge in [-0.05, 0) is 18.8 Å². The van der Waals surface area contributed by atoms with E-state index < -0.39 is 0 Å². The molecular formula is C9H14N2O2. The van der Waals surface area contributed by atoms with E-state index in [0.29, 0.717) is 25.3 Å². The van der Waals surface area contributed by atoms with Gasteiger partial charge in [0.1, 0.15) is 0 Å². The van der Waals surface area contributed by atoms with Crippen molar-refractivity contribution in [1.82, 2.24) is 10.6 Å². The van der Waals surface area contributed by atoms with Gasteiger partial charge in [-0.15, -0.1) is 0 Å². The second-order valence-corrected chi connectivity index (χ2v) is 3.92. The molecule has 0 aromatic rings. The molecule has 1 aliphatic heterocycles. The van der Waals surface area contributed by atoms with Gasteiger partial charge in [-0.1, -0.05) is 0 Å². The molecule has 0 aromatic heterocycles. The Labute approximate surface area is 77.1 Å². The Morgan fingerprint density at radius 1 is 1.54 bits per heavy atom. The molecule has 1 heterocycles. The first kappa shape index (κ1) is 8.53. The van der Waals surface area contributed by atoms with Crippen LogP contribution >= 0.6 is 0 Å². The van der Waals surface area contributed by atoms with Crippen molar-refractivity contribution in [1.29, 1.82) is 0 Å². The van der Waals surface area contributed by atoms with Crippen LogP contribution in [-0.2, 0) is 9.59 Å². The van der Waals surface area contributed by atoms with Crippen LogP contribution in [0.3, 0.4) is 0 Å². The minimum atomic E-state index is 0.0266. The molecular weight excluding hydrogens is 168 g/mol. The Morgan fingerprint density at radius 2 is 2.31 bits per heavy atom. The fraction of sp³-hybridized carbons (Fsp3) is 0.778. The van der Waals surface area contributed by atoms with Crippen molar-refractivity contribution in [2.45, 2.75) is 31.7 Å². The zero-order valence-electron chi connectivity index (χ0n) is 7.51. The molecule has 4 heteroatoms. The largest absolute Gasteiger partial charge is 0.354 e. The number of hydrogen-bond acceptors (Lipinski definition) is 2. The molecule has 4 nitrogen and oxygen atoms in total. The molecule has 1 saturated carbocycles. The number of rotatable bonds is 3. The quantitative estimate of drug-likeness (QED) is 0.634. The van der Waals surface area contributed by atoms with E-state index in [1.807, 2.05) is 0 Å². The van der Waals surface area contributed by atoms with Crippen LogP contribution in [-0.4, -0.2) is 24.4 Å². The SMILES string of the molecule is O=C1CC(NC(=O)CC2CC2)CN1. The molecule has 72 valence electrons. The van der Waals surface area contributed by atoms with Crippen molar-refractivity contribution in [2.24, 2.45) is 5.92 Å². The molecule has 2 fully saturated rings. The molecule has 1 aliphatic carbocycles. The summed E-state index contributed by atoms with van der Waals surface area (Å²) in [5.41, 5.74) is 0. The van der Waals surface area contributed by atoms with Gasteiger partial charge in [-0.25, -0.2) is 0 Å². The lowest BCUT2D eigenvalue weighted by molar-refractivity contribution is -0.122. The first-order chi connectivity index (χ1) is 6.24. The lowest BCUT2D eigenvalue weighted by Crippen LogP contribution is -2.36. The minimum absolute atomic E-state index is 0.0266. The third-order valence-electron chi connectivity index (χ3n) is 2.51. The summed E-state index contributed by atoms with van der Waals surface area (Å²) in [6.07, 6.45) is 3.46. The Balaban J connectivity index is 1.70. The number of amides is 2. The second kappa shape index (κ2) is 3.36. The van der Waals surface area contributed by atoms with Crippen molar-refractivity contribution >= 4 is 11.8 Å². The highest BCUT2D eigenvalue weighted by Gasteiger charge is 2.27. The van der Waals surface area contributed by atoms with Gasteiger partial charge >= 0.3 is 0 Å². The van der Waals surface area contributed by atoms with Crippen molar-refractivity contribution in [3.8, 4) is 0 Å². The van der Waals surface area contributed by atoms with Gasteiger partial charge in [-0.3, -0.25) is 9.59 Å². The summed E-state index contributed by atoms with van der Waals surface area (Å²) in [5, 5.41) is 5.55. The monoisotopic (exact) mass is 182 g/mol. The van der Waals surface area contributed by atoms with E-state index in [0.717, 1.165) is 0 Å². The van der Waals surface area contributed by atoms with E-state index in [9.17, 15) is 9.59 Å². The standard InChI is InChI=1S/C9H14N2O2/c12-8-4-7(5-10-8)11-9(13)3-6-1-2-6/h6-7H,1-5H2,(H,10,12)(H,11,13). The molecule has 0 bridgehead atoms. The van der Waals surface area contributed by atoms with Crippen LogP contribution in [0.25, 0.3) is 0 Å². The van der Waals surface area contributed by atoms with Gasteiger partial charge in [0.25, 0.3) is 0 Å². The van der Waals surface area contributed by atoms with E-state index in [1.54, 1.807) is 0 Å². The summed E-state index contributed by atoms with van der Waals surface area (Å²) in [5.74, 6) is 0.755. The van der Waals surface area contributed by atoms with Crippen LogP contribution in [0, 0.1) is 5.92 Å². The van der Waals surface area contributed by atoms with Gasteiger partial charge in [0.05, 0.1) is 6.04 Å². The number of nitrogens with one attached hydrogen (secondary N) is 2. The van der Waals surface area contributed by atoms with Gasteiger partial charge < -0.3 is 10.6 Å². The van der Waals surface area contributed by atoms with E-state index >= 15 is 0 Å². The second-order valence-electron chi connectivity index (χ2n) is 3.92. The fourth-order valence-electron chi connectivity index (χ4n) is 1.58. The lowest BCUT2D eigenvalue weighted by atomic mass is 10.2. The fourth-order valence-corrected chi connectivity index (χ4v) is 1.58. The number of carbonyl (C=O) groups is 2. The van der Waals surface area contributed by atoms with Gasteiger partial charge in [0, 0.05) is 19.4 Å². The zero-order valence-corrected chi connectivity index (χ0v) is 7.51. The lowest BCUT2D eigenvalue weighted by Gasteiger charge is -2.09. The highest BCUT2D eigenvalue weighted by Crippen LogP contribution is 2.32. The molecule has 0 spiro atoms. The van der Waals surface area contributed by atoms with Gasteiger partial charge in [-0.2, -0.15) is 0 Å². The molecule has 2 aliphatic rings. The third kappa shape index (κ3) is 2.44. The maximum Gasteiger partial charge on any atom is 0.222 e. The topological polar surface area (TPSA) is 58.2 Å². The predicted octanol–water partition coefficient (Wildman–Crippen LogP) is -0.209. The summed E-state index contributed by atoms with van der Waals surface area (Å²) in [7, 11) is 0. The van der Waals surface area contributed by atoms with Crippen LogP contribution in [0.1, 0.15) is 25.7 Å². The molecule has 1 atom stereocenters. The maximum atomic E-state index is 11.3. The van der Waals surface area contributed by atoms with Crippen molar-refractivity contribution in [3.05, 3.63) is 0 Å². The molecule has 1 saturated heterocycles. The first-order valence-electron chi connectivity index (χ1n) is 4.80. The summed E-state index contributed by atoms with van der Waals surface area (Å²) in [4.78, 5) is 22.1. The predicted molar refractivity (Wildman–Crippen MR) is 46.9 cm³/mol. The number of hydrogen-bond donors (Lipinski definition) is 2. The zero-order chi connectivity index (χ0) is 9.26. The van der Waals surface area contributed by atoms with Crippen molar-refractivity contribution in [3.63, 3.8) is 0 Å². The van der Waals surface area contributed by atoms with Gasteiger partial charge in [0.15, 0.2) is 0 Å². The molecule has 2 amide bonds. The van der Waals surface area contributed by atoms with Crippen LogP contribution in [0.5, 0.6) is 0 Å². The smallest absolute Gasteiger partial charge is 0.222 e.